The number of benzene rings is 2. The van der Waals surface area contributed by atoms with Gasteiger partial charge < -0.3 is 4.74 Å². The number of carbonyl (C=O) groups excluding carboxylic acids is 1. The summed E-state index contributed by atoms with van der Waals surface area (Å²) in [5, 5.41) is 4.00. The van der Waals surface area contributed by atoms with E-state index in [0.717, 1.165) is 31.2 Å². The van der Waals surface area contributed by atoms with Crippen LogP contribution in [0.2, 0.25) is 0 Å². The van der Waals surface area contributed by atoms with Gasteiger partial charge in [0, 0.05) is 4.47 Å². The molecule has 1 N–H and O–H groups in total. The molecule has 28 heavy (non-hydrogen) atoms. The monoisotopic (exact) mass is 506 g/mol. The largest absolute Gasteiger partial charge is 0.482 e. The van der Waals surface area contributed by atoms with E-state index in [-0.39, 0.29) is 18.4 Å². The second-order valence-electron chi connectivity index (χ2n) is 6.75. The van der Waals surface area contributed by atoms with Gasteiger partial charge in [-0.15, -0.1) is 0 Å². The molecule has 1 amide bonds. The summed E-state index contributed by atoms with van der Waals surface area (Å²) in [7, 11) is 0. The van der Waals surface area contributed by atoms with Crippen molar-refractivity contribution in [2.75, 3.05) is 6.61 Å². The normalized spacial score (nSPS) is 11.9. The van der Waals surface area contributed by atoms with Gasteiger partial charge in [-0.05, 0) is 64.0 Å². The minimum Gasteiger partial charge on any atom is -0.482 e. The average Bonchev–Trinajstić information content (AvgIpc) is 2.65. The third kappa shape index (κ3) is 6.31. The number of nitrogens with zero attached hydrogens (tertiary/aromatic N) is 1. The third-order valence-corrected chi connectivity index (χ3v) is 5.83. The van der Waals surface area contributed by atoms with E-state index in [1.807, 2.05) is 56.3 Å². The number of amides is 1. The quantitative estimate of drug-likeness (QED) is 0.356. The van der Waals surface area contributed by atoms with Crippen LogP contribution < -0.4 is 10.2 Å². The molecule has 0 saturated heterocycles. The van der Waals surface area contributed by atoms with E-state index < -0.39 is 0 Å². The Morgan fingerprint density at radius 3 is 2.57 bits per heavy atom. The Balaban J connectivity index is 1.98. The summed E-state index contributed by atoms with van der Waals surface area (Å²) in [5.41, 5.74) is 6.57. The van der Waals surface area contributed by atoms with Crippen LogP contribution in [0.3, 0.4) is 0 Å². The van der Waals surface area contributed by atoms with Crippen LogP contribution in [0.5, 0.6) is 5.75 Å². The lowest BCUT2D eigenvalue weighted by atomic mass is 10.0. The first kappa shape index (κ1) is 22.4. The van der Waals surface area contributed by atoms with Crippen molar-refractivity contribution >= 4 is 50.1 Å². The van der Waals surface area contributed by atoms with Crippen molar-refractivity contribution in [3.05, 3.63) is 67.6 Å². The minimum atomic E-state index is -0.314. The van der Waals surface area contributed by atoms with E-state index in [4.69, 9.17) is 4.74 Å². The number of rotatable bonds is 7. The van der Waals surface area contributed by atoms with Gasteiger partial charge in [0.2, 0.25) is 0 Å². The lowest BCUT2D eigenvalue weighted by molar-refractivity contribution is -0.123. The van der Waals surface area contributed by atoms with E-state index in [9.17, 15) is 4.79 Å². The molecule has 0 radical (unpaired) electrons. The van der Waals surface area contributed by atoms with Crippen LogP contribution in [0, 0.1) is 6.92 Å². The van der Waals surface area contributed by atoms with E-state index in [1.165, 1.54) is 0 Å². The molecule has 0 aliphatic heterocycles. The van der Waals surface area contributed by atoms with Gasteiger partial charge in [0.05, 0.1) is 10.7 Å². The van der Waals surface area contributed by atoms with Gasteiger partial charge in [-0.3, -0.25) is 4.79 Å². The molecule has 0 bridgehead atoms. The molecule has 0 heterocycles. The van der Waals surface area contributed by atoms with Crippen LogP contribution in [0.4, 0.5) is 0 Å². The van der Waals surface area contributed by atoms with Crippen molar-refractivity contribution in [2.45, 2.75) is 33.6 Å². The predicted octanol–water partition coefficient (Wildman–Crippen LogP) is 6.23. The zero-order valence-corrected chi connectivity index (χ0v) is 19.6. The first-order valence-corrected chi connectivity index (χ1v) is 10.5. The molecule has 148 valence electrons. The molecular weight excluding hydrogens is 484 g/mol. The summed E-state index contributed by atoms with van der Waals surface area (Å²) in [5.74, 6) is 0.635. The molecule has 0 atom stereocenters. The summed E-state index contributed by atoms with van der Waals surface area (Å²) < 4.78 is 7.67. The molecule has 0 unspecified atom stereocenters. The smallest absolute Gasteiger partial charge is 0.277 e. The Labute approximate surface area is 183 Å². The van der Waals surface area contributed by atoms with Gasteiger partial charge in [0.1, 0.15) is 5.75 Å². The fourth-order valence-corrected chi connectivity index (χ4v) is 3.78. The maximum atomic E-state index is 12.1. The van der Waals surface area contributed by atoms with Crippen molar-refractivity contribution in [1.29, 1.82) is 0 Å². The molecule has 2 aromatic carbocycles. The van der Waals surface area contributed by atoms with Crippen molar-refractivity contribution in [3.63, 3.8) is 0 Å². The zero-order chi connectivity index (χ0) is 20.7. The van der Waals surface area contributed by atoms with E-state index in [1.54, 1.807) is 6.21 Å². The van der Waals surface area contributed by atoms with Crippen LogP contribution in [-0.4, -0.2) is 18.7 Å². The van der Waals surface area contributed by atoms with Gasteiger partial charge in [0.15, 0.2) is 6.61 Å². The second-order valence-corrected chi connectivity index (χ2v) is 8.40. The van der Waals surface area contributed by atoms with Gasteiger partial charge in [-0.25, -0.2) is 5.43 Å². The average molecular weight is 508 g/mol. The Morgan fingerprint density at radius 2 is 1.93 bits per heavy atom. The number of hydrogen-bond donors (Lipinski definition) is 1. The SMILES string of the molecule is CC(/C=N/NC(=O)COc1c(C(C)C)cc(Br)c(C)c1Br)=C\c1ccccc1. The topological polar surface area (TPSA) is 50.7 Å². The Kier molecular flexibility index (Phi) is 8.45. The van der Waals surface area contributed by atoms with Gasteiger partial charge in [-0.1, -0.05) is 66.2 Å². The molecule has 2 rings (SSSR count). The maximum Gasteiger partial charge on any atom is 0.277 e. The van der Waals surface area contributed by atoms with Crippen LogP contribution >= 0.6 is 31.9 Å². The van der Waals surface area contributed by atoms with Crippen molar-refractivity contribution in [3.8, 4) is 5.75 Å². The van der Waals surface area contributed by atoms with Crippen molar-refractivity contribution in [2.24, 2.45) is 5.10 Å². The van der Waals surface area contributed by atoms with Gasteiger partial charge >= 0.3 is 0 Å². The summed E-state index contributed by atoms with van der Waals surface area (Å²) in [6.45, 7) is 7.97. The number of hydrazone groups is 1. The van der Waals surface area contributed by atoms with Crippen LogP contribution in [0.25, 0.3) is 6.08 Å². The van der Waals surface area contributed by atoms with Crippen LogP contribution in [0.1, 0.15) is 43.4 Å². The van der Waals surface area contributed by atoms with Crippen molar-refractivity contribution < 1.29 is 9.53 Å². The molecule has 0 aliphatic carbocycles. The summed E-state index contributed by atoms with van der Waals surface area (Å²) >= 11 is 7.14. The summed E-state index contributed by atoms with van der Waals surface area (Å²) in [6, 6.07) is 12.0. The molecule has 6 heteroatoms. The highest BCUT2D eigenvalue weighted by molar-refractivity contribution is 9.11. The lowest BCUT2D eigenvalue weighted by Gasteiger charge is -2.18. The van der Waals surface area contributed by atoms with E-state index in [0.29, 0.717) is 5.75 Å². The molecule has 4 nitrogen and oxygen atoms in total. The Bertz CT molecular complexity index is 891. The zero-order valence-electron chi connectivity index (χ0n) is 16.4. The molecule has 0 saturated carbocycles. The van der Waals surface area contributed by atoms with Crippen LogP contribution in [0.15, 0.2) is 56.0 Å². The third-order valence-electron chi connectivity index (χ3n) is 4.05. The van der Waals surface area contributed by atoms with Gasteiger partial charge in [-0.2, -0.15) is 5.10 Å². The molecule has 0 spiro atoms. The standard InChI is InChI=1S/C22H24Br2N2O2/c1-14(2)18-11-19(23)16(4)21(24)22(18)28-13-20(27)26-25-12-15(3)10-17-8-6-5-7-9-17/h5-12,14H,13H2,1-4H3,(H,26,27)/b15-10+,25-12+. The summed E-state index contributed by atoms with van der Waals surface area (Å²) in [6.07, 6.45) is 3.60. The maximum absolute atomic E-state index is 12.1. The fraction of sp³-hybridized carbons (Fsp3) is 0.273. The minimum absolute atomic E-state index is 0.113. The van der Waals surface area contributed by atoms with E-state index >= 15 is 0 Å². The highest BCUT2D eigenvalue weighted by atomic mass is 79.9. The Hall–Kier alpha value is -1.92. The number of allylic oxidation sites excluding steroid dienone is 1. The fourth-order valence-electron chi connectivity index (χ4n) is 2.51. The highest BCUT2D eigenvalue weighted by Gasteiger charge is 2.17. The molecule has 0 aliphatic rings. The second kappa shape index (κ2) is 10.6. The Morgan fingerprint density at radius 1 is 1.25 bits per heavy atom. The summed E-state index contributed by atoms with van der Waals surface area (Å²) in [4.78, 5) is 12.1. The first-order valence-electron chi connectivity index (χ1n) is 8.96. The van der Waals surface area contributed by atoms with Gasteiger partial charge in [0.25, 0.3) is 5.91 Å². The molecule has 2 aromatic rings. The number of halogens is 2. The van der Waals surface area contributed by atoms with E-state index in [2.05, 4.69) is 56.2 Å². The molecule has 0 aromatic heterocycles. The van der Waals surface area contributed by atoms with Crippen molar-refractivity contribution in [1.82, 2.24) is 5.43 Å². The number of ether oxygens (including phenoxy) is 1. The first-order chi connectivity index (χ1) is 13.3. The molecular formula is C22H24Br2N2O2. The van der Waals surface area contributed by atoms with Crippen LogP contribution in [-0.2, 0) is 4.79 Å². The predicted molar refractivity (Wildman–Crippen MR) is 123 cm³/mol. The molecule has 0 fully saturated rings. The lowest BCUT2D eigenvalue weighted by Crippen LogP contribution is -2.25. The number of carbonyl (C=O) groups is 1. The number of hydrogen-bond acceptors (Lipinski definition) is 3. The number of nitrogens with one attached hydrogen (secondary N) is 1. The highest BCUT2D eigenvalue weighted by Crippen LogP contribution is 2.40.